The van der Waals surface area contributed by atoms with Crippen LogP contribution in [0.15, 0.2) is 18.3 Å². The number of aliphatic hydroxyl groups excluding tert-OH is 1. The fourth-order valence-electron chi connectivity index (χ4n) is 2.22. The van der Waals surface area contributed by atoms with Crippen LogP contribution in [0.5, 0.6) is 0 Å². The highest BCUT2D eigenvalue weighted by Gasteiger charge is 2.18. The third-order valence-electron chi connectivity index (χ3n) is 3.46. The summed E-state index contributed by atoms with van der Waals surface area (Å²) in [6, 6.07) is 4.10. The smallest absolute Gasteiger partial charge is 0.0573 e. The van der Waals surface area contributed by atoms with E-state index >= 15 is 0 Å². The molecule has 3 nitrogen and oxygen atoms in total. The number of aromatic nitrogens is 1. The SMILES string of the molecule is Cc1cccnc1CN1CCC(CO)CC1. The van der Waals surface area contributed by atoms with Gasteiger partial charge in [-0.25, -0.2) is 0 Å². The third kappa shape index (κ3) is 2.80. The lowest BCUT2D eigenvalue weighted by Crippen LogP contribution is -2.34. The standard InChI is InChI=1S/C13H20N2O/c1-11-3-2-6-14-13(11)9-15-7-4-12(10-16)5-8-15/h2-3,6,12,16H,4-5,7-10H2,1H3. The van der Waals surface area contributed by atoms with Crippen LogP contribution in [0.1, 0.15) is 24.1 Å². The maximum atomic E-state index is 9.08. The van der Waals surface area contributed by atoms with Crippen LogP contribution in [-0.2, 0) is 6.54 Å². The molecule has 2 rings (SSSR count). The molecule has 0 atom stereocenters. The van der Waals surface area contributed by atoms with Gasteiger partial charge in [0.15, 0.2) is 0 Å². The molecule has 88 valence electrons. The van der Waals surface area contributed by atoms with Crippen LogP contribution in [0.4, 0.5) is 0 Å². The van der Waals surface area contributed by atoms with Gasteiger partial charge in [-0.3, -0.25) is 9.88 Å². The Morgan fingerprint density at radius 3 is 2.81 bits per heavy atom. The highest BCUT2D eigenvalue weighted by atomic mass is 16.3. The Labute approximate surface area is 97.1 Å². The molecule has 0 unspecified atom stereocenters. The topological polar surface area (TPSA) is 36.4 Å². The van der Waals surface area contributed by atoms with E-state index in [1.165, 1.54) is 11.3 Å². The number of aliphatic hydroxyl groups is 1. The van der Waals surface area contributed by atoms with Crippen molar-refractivity contribution in [3.63, 3.8) is 0 Å². The van der Waals surface area contributed by atoms with E-state index in [-0.39, 0.29) is 0 Å². The molecule has 1 aliphatic rings. The molecule has 0 aromatic carbocycles. The molecule has 2 heterocycles. The number of hydrogen-bond donors (Lipinski definition) is 1. The van der Waals surface area contributed by atoms with Gasteiger partial charge < -0.3 is 5.11 Å². The largest absolute Gasteiger partial charge is 0.396 e. The number of pyridine rings is 1. The van der Waals surface area contributed by atoms with Gasteiger partial charge in [-0.1, -0.05) is 6.07 Å². The molecule has 0 radical (unpaired) electrons. The molecular weight excluding hydrogens is 200 g/mol. The van der Waals surface area contributed by atoms with Crippen molar-refractivity contribution in [2.45, 2.75) is 26.3 Å². The van der Waals surface area contributed by atoms with Gasteiger partial charge in [0.25, 0.3) is 0 Å². The van der Waals surface area contributed by atoms with Gasteiger partial charge in [-0.2, -0.15) is 0 Å². The maximum Gasteiger partial charge on any atom is 0.0573 e. The van der Waals surface area contributed by atoms with Gasteiger partial charge in [0.05, 0.1) is 5.69 Å². The van der Waals surface area contributed by atoms with Crippen LogP contribution < -0.4 is 0 Å². The Bertz CT molecular complexity index is 332. The molecule has 1 fully saturated rings. The summed E-state index contributed by atoms with van der Waals surface area (Å²) in [6.07, 6.45) is 4.09. The molecule has 0 aliphatic carbocycles. The number of aryl methyl sites for hydroxylation is 1. The van der Waals surface area contributed by atoms with Crippen LogP contribution in [0, 0.1) is 12.8 Å². The zero-order chi connectivity index (χ0) is 11.4. The molecular formula is C13H20N2O. The second-order valence-corrected chi connectivity index (χ2v) is 4.67. The van der Waals surface area contributed by atoms with E-state index in [1.54, 1.807) is 0 Å². The van der Waals surface area contributed by atoms with Gasteiger partial charge in [0, 0.05) is 19.3 Å². The molecule has 16 heavy (non-hydrogen) atoms. The summed E-state index contributed by atoms with van der Waals surface area (Å²) < 4.78 is 0. The van der Waals surface area contributed by atoms with E-state index in [1.807, 2.05) is 12.3 Å². The van der Waals surface area contributed by atoms with Crippen molar-refractivity contribution in [1.82, 2.24) is 9.88 Å². The Balaban J connectivity index is 1.89. The quantitative estimate of drug-likeness (QED) is 0.840. The average molecular weight is 220 g/mol. The highest BCUT2D eigenvalue weighted by molar-refractivity contribution is 5.17. The van der Waals surface area contributed by atoms with Crippen molar-refractivity contribution in [3.05, 3.63) is 29.6 Å². The summed E-state index contributed by atoms with van der Waals surface area (Å²) in [5.74, 6) is 0.515. The first kappa shape index (κ1) is 11.6. The van der Waals surface area contributed by atoms with Crippen molar-refractivity contribution in [3.8, 4) is 0 Å². The molecule has 1 aromatic heterocycles. The van der Waals surface area contributed by atoms with Crippen LogP contribution in [0.3, 0.4) is 0 Å². The summed E-state index contributed by atoms with van der Waals surface area (Å²) >= 11 is 0. The minimum absolute atomic E-state index is 0.344. The van der Waals surface area contributed by atoms with E-state index < -0.39 is 0 Å². The first-order valence-electron chi connectivity index (χ1n) is 6.03. The zero-order valence-electron chi connectivity index (χ0n) is 9.89. The summed E-state index contributed by atoms with van der Waals surface area (Å²) in [7, 11) is 0. The Morgan fingerprint density at radius 1 is 1.44 bits per heavy atom. The van der Waals surface area contributed by atoms with Gasteiger partial charge in [0.2, 0.25) is 0 Å². The van der Waals surface area contributed by atoms with Gasteiger partial charge in [-0.05, 0) is 50.4 Å². The number of piperidine rings is 1. The molecule has 1 saturated heterocycles. The predicted molar refractivity (Wildman–Crippen MR) is 64.1 cm³/mol. The molecule has 1 aromatic rings. The Morgan fingerprint density at radius 2 is 2.19 bits per heavy atom. The summed E-state index contributed by atoms with van der Waals surface area (Å²) in [4.78, 5) is 6.85. The number of hydrogen-bond acceptors (Lipinski definition) is 3. The maximum absolute atomic E-state index is 9.08. The van der Waals surface area contributed by atoms with Crippen LogP contribution in [0.2, 0.25) is 0 Å². The fraction of sp³-hybridized carbons (Fsp3) is 0.615. The number of likely N-dealkylation sites (tertiary alicyclic amines) is 1. The summed E-state index contributed by atoms with van der Waals surface area (Å²) in [5, 5.41) is 9.08. The highest BCUT2D eigenvalue weighted by Crippen LogP contribution is 2.18. The van der Waals surface area contributed by atoms with E-state index in [4.69, 9.17) is 5.11 Å². The minimum atomic E-state index is 0.344. The van der Waals surface area contributed by atoms with E-state index in [0.29, 0.717) is 12.5 Å². The van der Waals surface area contributed by atoms with Gasteiger partial charge >= 0.3 is 0 Å². The summed E-state index contributed by atoms with van der Waals surface area (Å²) in [6.45, 7) is 5.58. The van der Waals surface area contributed by atoms with E-state index in [2.05, 4.69) is 22.9 Å². The monoisotopic (exact) mass is 220 g/mol. The van der Waals surface area contributed by atoms with Crippen molar-refractivity contribution in [2.75, 3.05) is 19.7 Å². The molecule has 0 spiro atoms. The molecule has 0 saturated carbocycles. The van der Waals surface area contributed by atoms with Crippen LogP contribution >= 0.6 is 0 Å². The Kier molecular flexibility index (Phi) is 3.91. The first-order chi connectivity index (χ1) is 7.79. The number of nitrogens with zero attached hydrogens (tertiary/aromatic N) is 2. The predicted octanol–water partition coefficient (Wildman–Crippen LogP) is 1.59. The third-order valence-corrected chi connectivity index (χ3v) is 3.46. The van der Waals surface area contributed by atoms with Crippen LogP contribution in [0.25, 0.3) is 0 Å². The Hall–Kier alpha value is -0.930. The van der Waals surface area contributed by atoms with Crippen molar-refractivity contribution in [2.24, 2.45) is 5.92 Å². The molecule has 1 aliphatic heterocycles. The minimum Gasteiger partial charge on any atom is -0.396 e. The van der Waals surface area contributed by atoms with Crippen LogP contribution in [-0.4, -0.2) is 34.7 Å². The molecule has 0 amide bonds. The lowest BCUT2D eigenvalue weighted by molar-refractivity contribution is 0.126. The van der Waals surface area contributed by atoms with E-state index in [9.17, 15) is 0 Å². The average Bonchev–Trinajstić information content (AvgIpc) is 2.33. The zero-order valence-corrected chi connectivity index (χ0v) is 9.89. The molecule has 0 bridgehead atoms. The van der Waals surface area contributed by atoms with Crippen molar-refractivity contribution in [1.29, 1.82) is 0 Å². The van der Waals surface area contributed by atoms with E-state index in [0.717, 1.165) is 32.5 Å². The second-order valence-electron chi connectivity index (χ2n) is 4.67. The second kappa shape index (κ2) is 5.41. The molecule has 1 N–H and O–H groups in total. The lowest BCUT2D eigenvalue weighted by atomic mass is 9.98. The first-order valence-corrected chi connectivity index (χ1v) is 6.03. The van der Waals surface area contributed by atoms with Crippen molar-refractivity contribution >= 4 is 0 Å². The lowest BCUT2D eigenvalue weighted by Gasteiger charge is -2.30. The number of rotatable bonds is 3. The van der Waals surface area contributed by atoms with Gasteiger partial charge in [0.1, 0.15) is 0 Å². The fourth-order valence-corrected chi connectivity index (χ4v) is 2.22. The molecule has 3 heteroatoms. The summed E-state index contributed by atoms with van der Waals surface area (Å²) in [5.41, 5.74) is 2.46. The normalized spacial score (nSPS) is 18.9. The van der Waals surface area contributed by atoms with Gasteiger partial charge in [-0.15, -0.1) is 0 Å². The van der Waals surface area contributed by atoms with Crippen molar-refractivity contribution < 1.29 is 5.11 Å².